The van der Waals surface area contributed by atoms with E-state index in [0.717, 1.165) is 90.1 Å². The highest BCUT2D eigenvalue weighted by molar-refractivity contribution is 5.88. The van der Waals surface area contributed by atoms with Crippen molar-refractivity contribution < 1.29 is 28.9 Å². The standard InChI is InChI=1S/C32H26N2O3.C31H26N2O3.CH4/c1-2-20-34-31(24-14-7-4-8-15-24)30(23-12-5-3-6-13-23)33-32(34)28-19-10-9-18-27(28)25-16-11-17-26(21-25)37-22-29(35)36;1-2-35-28(34)21-36-25-17-11-16-24(20-25)26-18-9-10-19-27(26)31-32-29(22-12-5-3-6-13-22)30(33-31)23-14-7-4-8-15-23;/h2-19,21H,1,20,22H2,(H,35,36);3-20H,2,21H2,1H3,(H,32,33);1H4. The van der Waals surface area contributed by atoms with Crippen molar-refractivity contribution in [3.63, 3.8) is 0 Å². The Kier molecular flexibility index (Phi) is 16.9. The molecule has 368 valence electrons. The average Bonchev–Trinajstić information content (AvgIpc) is 4.07. The highest BCUT2D eigenvalue weighted by Gasteiger charge is 2.23. The van der Waals surface area contributed by atoms with Crippen LogP contribution in [0.5, 0.6) is 11.5 Å². The van der Waals surface area contributed by atoms with Crippen LogP contribution in [0.25, 0.3) is 90.1 Å². The number of rotatable bonds is 17. The molecular formula is C64H56N4O6. The molecule has 2 heterocycles. The molecule has 0 saturated carbocycles. The van der Waals surface area contributed by atoms with Crippen LogP contribution < -0.4 is 9.47 Å². The number of hydrogen-bond donors (Lipinski definition) is 2. The second-order valence-corrected chi connectivity index (χ2v) is 16.7. The van der Waals surface area contributed by atoms with Crippen LogP contribution in [0.1, 0.15) is 14.4 Å². The number of nitrogens with zero attached hydrogens (tertiary/aromatic N) is 3. The van der Waals surface area contributed by atoms with Gasteiger partial charge < -0.3 is 28.9 Å². The molecule has 0 amide bonds. The van der Waals surface area contributed by atoms with Gasteiger partial charge in [-0.1, -0.05) is 208 Å². The van der Waals surface area contributed by atoms with Gasteiger partial charge in [0.2, 0.25) is 0 Å². The Morgan fingerprint density at radius 3 is 1.54 bits per heavy atom. The number of carbonyl (C=O) groups excluding carboxylic acids is 1. The number of benzene rings is 8. The lowest BCUT2D eigenvalue weighted by Gasteiger charge is -2.14. The number of aromatic amines is 1. The summed E-state index contributed by atoms with van der Waals surface area (Å²) in [6.07, 6.45) is 1.88. The third-order valence-corrected chi connectivity index (χ3v) is 11.9. The molecule has 74 heavy (non-hydrogen) atoms. The summed E-state index contributed by atoms with van der Waals surface area (Å²) < 4.78 is 18.3. The first-order chi connectivity index (χ1) is 35.9. The molecular weight excluding hydrogens is 921 g/mol. The first kappa shape index (κ1) is 50.8. The summed E-state index contributed by atoms with van der Waals surface area (Å²) in [5, 5.41) is 9.01. The third-order valence-electron chi connectivity index (χ3n) is 11.9. The summed E-state index contributed by atoms with van der Waals surface area (Å²) in [4.78, 5) is 36.6. The Morgan fingerprint density at radius 1 is 0.541 bits per heavy atom. The van der Waals surface area contributed by atoms with Crippen LogP contribution in [-0.2, 0) is 20.9 Å². The normalized spacial score (nSPS) is 10.6. The molecule has 0 aliphatic rings. The van der Waals surface area contributed by atoms with E-state index in [1.165, 1.54) is 0 Å². The van der Waals surface area contributed by atoms with Gasteiger partial charge in [0, 0.05) is 39.9 Å². The van der Waals surface area contributed by atoms with Crippen molar-refractivity contribution in [2.24, 2.45) is 0 Å². The lowest BCUT2D eigenvalue weighted by atomic mass is 9.99. The van der Waals surface area contributed by atoms with E-state index < -0.39 is 12.6 Å². The molecule has 0 saturated heterocycles. The fourth-order valence-corrected chi connectivity index (χ4v) is 8.64. The molecule has 0 atom stereocenters. The lowest BCUT2D eigenvalue weighted by Crippen LogP contribution is -2.14. The number of imidazole rings is 2. The molecule has 8 aromatic carbocycles. The van der Waals surface area contributed by atoms with E-state index in [0.29, 0.717) is 24.7 Å². The Morgan fingerprint density at radius 2 is 1.00 bits per heavy atom. The SMILES string of the molecule is C.C=CCn1c(-c2ccccc2-c2cccc(OCC(=O)O)c2)nc(-c2ccccc2)c1-c1ccccc1.CCOC(=O)COc1cccc(-c2ccccc2-c2nc(-c3ccccc3)c(-c3ccccc3)[nH]2)c1. The predicted molar refractivity (Wildman–Crippen MR) is 296 cm³/mol. The van der Waals surface area contributed by atoms with Gasteiger partial charge in [-0.3, -0.25) is 0 Å². The Hall–Kier alpha value is -9.54. The van der Waals surface area contributed by atoms with Gasteiger partial charge in [0.05, 0.1) is 29.4 Å². The molecule has 0 unspecified atom stereocenters. The maximum atomic E-state index is 11.7. The number of hydrogen-bond acceptors (Lipinski definition) is 7. The van der Waals surface area contributed by atoms with Crippen LogP contribution in [0, 0.1) is 0 Å². The minimum absolute atomic E-state index is 0. The number of aliphatic carboxylic acids is 1. The number of allylic oxidation sites excluding steroid dienone is 1. The van der Waals surface area contributed by atoms with Crippen LogP contribution >= 0.6 is 0 Å². The monoisotopic (exact) mass is 976 g/mol. The number of nitrogens with one attached hydrogen (secondary N) is 1. The Labute approximate surface area is 431 Å². The zero-order chi connectivity index (χ0) is 50.4. The number of esters is 1. The summed E-state index contributed by atoms with van der Waals surface area (Å²) in [5.41, 5.74) is 13.8. The molecule has 0 aliphatic carbocycles. The fraction of sp³-hybridized carbons (Fsp3) is 0.0938. The van der Waals surface area contributed by atoms with Crippen LogP contribution in [-0.4, -0.2) is 56.4 Å². The number of carbonyl (C=O) groups is 2. The Balaban J connectivity index is 0.000000194. The zero-order valence-electron chi connectivity index (χ0n) is 40.2. The second kappa shape index (κ2) is 24.5. The third kappa shape index (κ3) is 12.0. The van der Waals surface area contributed by atoms with Crippen molar-refractivity contribution in [1.82, 2.24) is 19.5 Å². The molecule has 0 aliphatic heterocycles. The number of H-pyrrole nitrogens is 1. The number of carboxylic acids is 1. The summed E-state index contributed by atoms with van der Waals surface area (Å²) in [6.45, 7) is 6.18. The van der Waals surface area contributed by atoms with E-state index in [2.05, 4.69) is 82.9 Å². The van der Waals surface area contributed by atoms with Gasteiger partial charge in [0.25, 0.3) is 0 Å². The van der Waals surface area contributed by atoms with Crippen molar-refractivity contribution in [1.29, 1.82) is 0 Å². The van der Waals surface area contributed by atoms with Crippen LogP contribution in [0.15, 0.2) is 231 Å². The van der Waals surface area contributed by atoms with Crippen molar-refractivity contribution in [2.75, 3.05) is 19.8 Å². The van der Waals surface area contributed by atoms with Gasteiger partial charge in [0.15, 0.2) is 13.2 Å². The number of ether oxygens (including phenoxy) is 3. The minimum Gasteiger partial charge on any atom is -0.482 e. The number of aromatic nitrogens is 4. The average molecular weight is 977 g/mol. The lowest BCUT2D eigenvalue weighted by molar-refractivity contribution is -0.145. The molecule has 10 nitrogen and oxygen atoms in total. The van der Waals surface area contributed by atoms with E-state index in [9.17, 15) is 9.59 Å². The van der Waals surface area contributed by atoms with Crippen LogP contribution in [0.3, 0.4) is 0 Å². The van der Waals surface area contributed by atoms with Crippen molar-refractivity contribution in [2.45, 2.75) is 20.9 Å². The Bertz CT molecular complexity index is 3400. The van der Waals surface area contributed by atoms with Gasteiger partial charge in [-0.05, 0) is 53.4 Å². The number of carboxylic acid groups (broad SMARTS) is 1. The topological polar surface area (TPSA) is 129 Å². The first-order valence-electron chi connectivity index (χ1n) is 23.9. The van der Waals surface area contributed by atoms with Crippen molar-refractivity contribution in [3.05, 3.63) is 231 Å². The van der Waals surface area contributed by atoms with E-state index in [4.69, 9.17) is 29.3 Å². The second-order valence-electron chi connectivity index (χ2n) is 16.7. The summed E-state index contributed by atoms with van der Waals surface area (Å²) in [7, 11) is 0. The molecule has 2 N–H and O–H groups in total. The molecule has 10 aromatic rings. The first-order valence-corrected chi connectivity index (χ1v) is 23.9. The molecule has 2 aromatic heterocycles. The molecule has 0 radical (unpaired) electrons. The van der Waals surface area contributed by atoms with E-state index in [1.54, 1.807) is 13.0 Å². The maximum Gasteiger partial charge on any atom is 0.344 e. The van der Waals surface area contributed by atoms with Crippen LogP contribution in [0.4, 0.5) is 0 Å². The van der Waals surface area contributed by atoms with E-state index >= 15 is 0 Å². The largest absolute Gasteiger partial charge is 0.482 e. The van der Waals surface area contributed by atoms with Crippen molar-refractivity contribution in [3.8, 4) is 102 Å². The van der Waals surface area contributed by atoms with Gasteiger partial charge in [0.1, 0.15) is 23.1 Å². The van der Waals surface area contributed by atoms with Crippen LogP contribution in [0.2, 0.25) is 0 Å². The highest BCUT2D eigenvalue weighted by Crippen LogP contribution is 2.41. The zero-order valence-corrected chi connectivity index (χ0v) is 40.2. The van der Waals surface area contributed by atoms with Gasteiger partial charge in [-0.25, -0.2) is 19.6 Å². The maximum absolute atomic E-state index is 11.7. The highest BCUT2D eigenvalue weighted by atomic mass is 16.6. The summed E-state index contributed by atoms with van der Waals surface area (Å²) in [6, 6.07) is 72.3. The summed E-state index contributed by atoms with van der Waals surface area (Å²) in [5.74, 6) is 1.30. The minimum atomic E-state index is -1.01. The predicted octanol–water partition coefficient (Wildman–Crippen LogP) is 14.9. The van der Waals surface area contributed by atoms with E-state index in [-0.39, 0.29) is 20.0 Å². The quantitative estimate of drug-likeness (QED) is 0.0682. The molecule has 10 rings (SSSR count). The van der Waals surface area contributed by atoms with E-state index in [1.807, 2.05) is 152 Å². The van der Waals surface area contributed by atoms with Gasteiger partial charge in [-0.2, -0.15) is 0 Å². The molecule has 0 bridgehead atoms. The molecule has 0 fully saturated rings. The summed E-state index contributed by atoms with van der Waals surface area (Å²) >= 11 is 0. The fourth-order valence-electron chi connectivity index (χ4n) is 8.64. The van der Waals surface area contributed by atoms with Gasteiger partial charge >= 0.3 is 11.9 Å². The smallest absolute Gasteiger partial charge is 0.344 e. The van der Waals surface area contributed by atoms with Gasteiger partial charge in [-0.15, -0.1) is 6.58 Å². The molecule has 0 spiro atoms. The molecule has 10 heteroatoms. The van der Waals surface area contributed by atoms with Crippen molar-refractivity contribution >= 4 is 11.9 Å².